The second-order valence-corrected chi connectivity index (χ2v) is 14.9. The van der Waals surface area contributed by atoms with E-state index in [4.69, 9.17) is 18.7 Å². The summed E-state index contributed by atoms with van der Waals surface area (Å²) < 4.78 is 36.6. The first kappa shape index (κ1) is 30.8. The number of carbonyl (C=O) groups excluding carboxylic acids is 2. The Bertz CT molecular complexity index is 1820. The summed E-state index contributed by atoms with van der Waals surface area (Å²) in [5.41, 5.74) is 9.11. The summed E-state index contributed by atoms with van der Waals surface area (Å²) in [5.74, 6) is 0.242. The quantitative estimate of drug-likeness (QED) is 0.129. The summed E-state index contributed by atoms with van der Waals surface area (Å²) in [5, 5.41) is 0. The first-order valence-electron chi connectivity index (χ1n) is 15.2. The minimum absolute atomic E-state index is 0.229. The molecule has 4 aromatic rings. The first-order chi connectivity index (χ1) is 21.5. The van der Waals surface area contributed by atoms with Crippen molar-refractivity contribution in [2.75, 3.05) is 13.3 Å². The Hall–Kier alpha value is -4.19. The van der Waals surface area contributed by atoms with E-state index in [1.54, 1.807) is 30.9 Å². The zero-order valence-corrected chi connectivity index (χ0v) is 27.1. The minimum Gasteiger partial charge on any atom is -0.489 e. The molecule has 0 N–H and O–H groups in total. The molecule has 0 saturated heterocycles. The SMILES string of the molecule is Cc1cc(CP(C)(=O)O[C@H]2OC(=O)c3ccccc32)cc(C)c1Cc1ccc(OCC2OC(=O)c3ccccc32)c(C(C)C)c1. The second-order valence-electron chi connectivity index (χ2n) is 12.3. The largest absolute Gasteiger partial charge is 0.489 e. The van der Waals surface area contributed by atoms with Gasteiger partial charge in [0.25, 0.3) is 0 Å². The number of hydrogen-bond acceptors (Lipinski definition) is 7. The topological polar surface area (TPSA) is 88.1 Å². The number of hydrogen-bond donors (Lipinski definition) is 0. The maximum Gasteiger partial charge on any atom is 0.341 e. The molecule has 2 aliphatic rings. The maximum atomic E-state index is 13.6. The van der Waals surface area contributed by atoms with Crippen LogP contribution in [0.15, 0.2) is 78.9 Å². The third kappa shape index (κ3) is 6.47. The molecule has 0 aromatic heterocycles. The Morgan fingerprint density at radius 1 is 0.800 bits per heavy atom. The predicted molar refractivity (Wildman–Crippen MR) is 172 cm³/mol. The van der Waals surface area contributed by atoms with E-state index in [1.807, 2.05) is 30.3 Å². The van der Waals surface area contributed by atoms with Crippen LogP contribution >= 0.6 is 7.37 Å². The van der Waals surface area contributed by atoms with E-state index in [-0.39, 0.29) is 24.7 Å². The molecule has 7 nitrogen and oxygen atoms in total. The zero-order chi connectivity index (χ0) is 31.9. The van der Waals surface area contributed by atoms with Gasteiger partial charge >= 0.3 is 11.9 Å². The molecule has 6 rings (SSSR count). The molecule has 0 fully saturated rings. The molecule has 2 aliphatic heterocycles. The van der Waals surface area contributed by atoms with Crippen molar-refractivity contribution < 1.29 is 32.9 Å². The van der Waals surface area contributed by atoms with Crippen LogP contribution in [0.1, 0.15) is 97.4 Å². The van der Waals surface area contributed by atoms with Gasteiger partial charge in [-0.05, 0) is 77.8 Å². The average Bonchev–Trinajstić information content (AvgIpc) is 3.49. The first-order valence-corrected chi connectivity index (χ1v) is 17.4. The number of carbonyl (C=O) groups is 2. The molecule has 2 heterocycles. The average molecular weight is 625 g/mol. The molecule has 3 atom stereocenters. The van der Waals surface area contributed by atoms with Crippen LogP contribution in [0.2, 0.25) is 0 Å². The predicted octanol–water partition coefficient (Wildman–Crippen LogP) is 8.60. The molecular weight excluding hydrogens is 587 g/mol. The highest BCUT2D eigenvalue weighted by atomic mass is 31.2. The number of benzene rings is 4. The molecule has 0 bridgehead atoms. The fourth-order valence-electron chi connectivity index (χ4n) is 6.22. The fourth-order valence-corrected chi connectivity index (χ4v) is 7.70. The van der Waals surface area contributed by atoms with Crippen LogP contribution in [0.4, 0.5) is 0 Å². The summed E-state index contributed by atoms with van der Waals surface area (Å²) in [6.45, 7) is 10.3. The maximum absolute atomic E-state index is 13.6. The van der Waals surface area contributed by atoms with Crippen LogP contribution in [0.25, 0.3) is 0 Å². The highest BCUT2D eigenvalue weighted by molar-refractivity contribution is 7.57. The number of rotatable bonds is 10. The van der Waals surface area contributed by atoms with Crippen molar-refractivity contribution in [3.05, 3.63) is 134 Å². The Morgan fingerprint density at radius 3 is 2.11 bits per heavy atom. The van der Waals surface area contributed by atoms with E-state index < -0.39 is 25.7 Å². The third-order valence-electron chi connectivity index (χ3n) is 8.44. The summed E-state index contributed by atoms with van der Waals surface area (Å²) in [4.78, 5) is 24.4. The van der Waals surface area contributed by atoms with E-state index in [0.717, 1.165) is 45.6 Å². The third-order valence-corrected chi connectivity index (χ3v) is 10.0. The Morgan fingerprint density at radius 2 is 1.42 bits per heavy atom. The molecular formula is C37H37O7P. The van der Waals surface area contributed by atoms with Gasteiger partial charge in [0.15, 0.2) is 6.10 Å². The summed E-state index contributed by atoms with van der Waals surface area (Å²) in [6.07, 6.45) is -0.419. The number of cyclic esters (lactones) is 2. The molecule has 232 valence electrons. The monoisotopic (exact) mass is 624 g/mol. The van der Waals surface area contributed by atoms with Gasteiger partial charge in [0, 0.05) is 24.0 Å². The number of esters is 2. The van der Waals surface area contributed by atoms with Crippen LogP contribution in [-0.2, 0) is 31.1 Å². The number of aryl methyl sites for hydroxylation is 2. The molecule has 45 heavy (non-hydrogen) atoms. The minimum atomic E-state index is -3.15. The zero-order valence-electron chi connectivity index (χ0n) is 26.2. The van der Waals surface area contributed by atoms with Crippen LogP contribution in [0, 0.1) is 13.8 Å². The van der Waals surface area contributed by atoms with E-state index in [1.165, 1.54) is 5.56 Å². The molecule has 8 heteroatoms. The fraction of sp³-hybridized carbons (Fsp3) is 0.297. The summed E-state index contributed by atoms with van der Waals surface area (Å²) in [6, 6.07) is 24.9. The normalized spacial score (nSPS) is 18.3. The van der Waals surface area contributed by atoms with Crippen molar-refractivity contribution >= 4 is 19.3 Å². The summed E-state index contributed by atoms with van der Waals surface area (Å²) in [7, 11) is -3.15. The molecule has 0 amide bonds. The molecule has 4 aromatic carbocycles. The van der Waals surface area contributed by atoms with Crippen molar-refractivity contribution in [1.29, 1.82) is 0 Å². The van der Waals surface area contributed by atoms with Crippen molar-refractivity contribution in [3.63, 3.8) is 0 Å². The van der Waals surface area contributed by atoms with E-state index in [0.29, 0.717) is 16.7 Å². The van der Waals surface area contributed by atoms with Crippen molar-refractivity contribution in [3.8, 4) is 5.75 Å². The Labute approximate surface area is 263 Å². The highest BCUT2D eigenvalue weighted by Crippen LogP contribution is 2.52. The van der Waals surface area contributed by atoms with Crippen LogP contribution in [-0.4, -0.2) is 25.2 Å². The van der Waals surface area contributed by atoms with Crippen LogP contribution in [0.3, 0.4) is 0 Å². The van der Waals surface area contributed by atoms with Gasteiger partial charge < -0.3 is 14.2 Å². The highest BCUT2D eigenvalue weighted by Gasteiger charge is 2.36. The van der Waals surface area contributed by atoms with Gasteiger partial charge in [-0.2, -0.15) is 0 Å². The van der Waals surface area contributed by atoms with Crippen molar-refractivity contribution in [1.82, 2.24) is 0 Å². The van der Waals surface area contributed by atoms with Crippen LogP contribution in [0.5, 0.6) is 5.75 Å². The lowest BCUT2D eigenvalue weighted by Gasteiger charge is -2.21. The van der Waals surface area contributed by atoms with Crippen molar-refractivity contribution in [2.45, 2.75) is 58.6 Å². The molecule has 2 unspecified atom stereocenters. The number of fused-ring (bicyclic) bond motifs is 2. The van der Waals surface area contributed by atoms with Crippen molar-refractivity contribution in [2.24, 2.45) is 0 Å². The van der Waals surface area contributed by atoms with E-state index in [9.17, 15) is 14.2 Å². The Balaban J connectivity index is 1.14. The molecule has 0 saturated carbocycles. The molecule has 0 aliphatic carbocycles. The van der Waals surface area contributed by atoms with E-state index >= 15 is 0 Å². The molecule has 0 radical (unpaired) electrons. The van der Waals surface area contributed by atoms with Gasteiger partial charge in [0.05, 0.1) is 11.1 Å². The van der Waals surface area contributed by atoms with Gasteiger partial charge in [-0.15, -0.1) is 0 Å². The van der Waals surface area contributed by atoms with Gasteiger partial charge in [0.2, 0.25) is 13.7 Å². The lowest BCUT2D eigenvalue weighted by Crippen LogP contribution is -2.11. The number of ether oxygens (including phenoxy) is 3. The lowest BCUT2D eigenvalue weighted by molar-refractivity contribution is -0.0363. The Kier molecular flexibility index (Phi) is 8.43. The van der Waals surface area contributed by atoms with Gasteiger partial charge in [0.1, 0.15) is 12.4 Å². The summed E-state index contributed by atoms with van der Waals surface area (Å²) >= 11 is 0. The lowest BCUT2D eigenvalue weighted by atomic mass is 9.92. The standard InChI is InChI=1S/C37H37O7P/c1-22(2)31-18-25(14-15-33(31)41-20-34-27-10-6-7-11-28(27)35(38)42-34)19-32-23(3)16-26(17-24(32)4)21-45(5,40)44-37-30-13-9-8-12-29(30)36(39)43-37/h6-18,22,34,37H,19-21H2,1-5H3/t34?,37-,45?/m1/s1. The van der Waals surface area contributed by atoms with E-state index in [2.05, 4.69) is 52.0 Å². The molecule has 0 spiro atoms. The second kappa shape index (κ2) is 12.3. The smallest absolute Gasteiger partial charge is 0.341 e. The van der Waals surface area contributed by atoms with Gasteiger partial charge in [-0.25, -0.2) is 9.59 Å². The van der Waals surface area contributed by atoms with Gasteiger partial charge in [-0.3, -0.25) is 9.09 Å². The van der Waals surface area contributed by atoms with Gasteiger partial charge in [-0.1, -0.05) is 74.5 Å². The van der Waals surface area contributed by atoms with Crippen LogP contribution < -0.4 is 4.74 Å².